The molecule has 2 aromatic heterocycles. The zero-order valence-electron chi connectivity index (χ0n) is 13.5. The Hall–Kier alpha value is -2.58. The standard InChI is InChI=1S/C17H17N5O2S/c23-16(12-1-2-14-15(9-12)25-11-20-14)19-10-13-3-4-18-17(21-13)22-5-7-24-8-6-22/h1-4,9,11H,5-8,10H2,(H,19,23). The van der Waals surface area contributed by atoms with E-state index in [1.54, 1.807) is 17.8 Å². The number of carbonyl (C=O) groups excluding carboxylic acids is 1. The minimum Gasteiger partial charge on any atom is -0.378 e. The van der Waals surface area contributed by atoms with Crippen molar-refractivity contribution >= 4 is 33.4 Å². The van der Waals surface area contributed by atoms with Gasteiger partial charge in [-0.15, -0.1) is 11.3 Å². The lowest BCUT2D eigenvalue weighted by molar-refractivity contribution is 0.0950. The summed E-state index contributed by atoms with van der Waals surface area (Å²) in [5, 5.41) is 2.91. The molecule has 1 fully saturated rings. The molecule has 8 heteroatoms. The zero-order valence-corrected chi connectivity index (χ0v) is 14.3. The summed E-state index contributed by atoms with van der Waals surface area (Å²) in [5.41, 5.74) is 4.09. The second kappa shape index (κ2) is 7.12. The molecule has 25 heavy (non-hydrogen) atoms. The summed E-state index contributed by atoms with van der Waals surface area (Å²) in [7, 11) is 0. The van der Waals surface area contributed by atoms with E-state index in [4.69, 9.17) is 4.74 Å². The average Bonchev–Trinajstić information content (AvgIpc) is 3.15. The minimum atomic E-state index is -0.123. The monoisotopic (exact) mass is 355 g/mol. The molecule has 1 aliphatic rings. The fourth-order valence-corrected chi connectivity index (χ4v) is 3.38. The predicted octanol–water partition coefficient (Wildman–Crippen LogP) is 1.85. The Morgan fingerprint density at radius 3 is 3.00 bits per heavy atom. The summed E-state index contributed by atoms with van der Waals surface area (Å²) >= 11 is 1.52. The van der Waals surface area contributed by atoms with Gasteiger partial charge in [-0.05, 0) is 24.3 Å². The number of fused-ring (bicyclic) bond motifs is 1. The summed E-state index contributed by atoms with van der Waals surface area (Å²) in [5.74, 6) is 0.558. The SMILES string of the molecule is O=C(NCc1ccnc(N2CCOCC2)n1)c1ccc2ncsc2c1. The number of benzene rings is 1. The summed E-state index contributed by atoms with van der Waals surface area (Å²) in [6, 6.07) is 7.33. The Balaban J connectivity index is 1.42. The molecule has 0 unspecified atom stereocenters. The zero-order chi connectivity index (χ0) is 17.1. The first kappa shape index (κ1) is 15.9. The third kappa shape index (κ3) is 3.59. The van der Waals surface area contributed by atoms with Crippen molar-refractivity contribution in [3.63, 3.8) is 0 Å². The lowest BCUT2D eigenvalue weighted by Crippen LogP contribution is -2.37. The first-order valence-corrected chi connectivity index (χ1v) is 8.93. The summed E-state index contributed by atoms with van der Waals surface area (Å²) in [6.07, 6.45) is 1.72. The maximum atomic E-state index is 12.4. The van der Waals surface area contributed by atoms with Crippen LogP contribution in [-0.2, 0) is 11.3 Å². The number of hydrogen-bond acceptors (Lipinski definition) is 7. The van der Waals surface area contributed by atoms with Gasteiger partial charge in [0.05, 0.1) is 41.2 Å². The van der Waals surface area contributed by atoms with Gasteiger partial charge in [-0.3, -0.25) is 4.79 Å². The van der Waals surface area contributed by atoms with Crippen LogP contribution in [-0.4, -0.2) is 47.2 Å². The van der Waals surface area contributed by atoms with E-state index in [-0.39, 0.29) is 5.91 Å². The van der Waals surface area contributed by atoms with Gasteiger partial charge in [-0.1, -0.05) is 0 Å². The van der Waals surface area contributed by atoms with Gasteiger partial charge in [0.25, 0.3) is 5.91 Å². The number of ether oxygens (including phenoxy) is 1. The third-order valence-corrected chi connectivity index (χ3v) is 4.81. The van der Waals surface area contributed by atoms with Crippen molar-refractivity contribution in [2.45, 2.75) is 6.54 Å². The first-order valence-electron chi connectivity index (χ1n) is 8.06. The van der Waals surface area contributed by atoms with Gasteiger partial charge in [-0.2, -0.15) is 0 Å². The number of morpholine rings is 1. The number of hydrogen-bond donors (Lipinski definition) is 1. The molecule has 0 atom stereocenters. The van der Waals surface area contributed by atoms with Crippen molar-refractivity contribution in [3.05, 3.63) is 47.2 Å². The second-order valence-electron chi connectivity index (χ2n) is 5.66. The largest absolute Gasteiger partial charge is 0.378 e. The molecule has 128 valence electrons. The number of thiazole rings is 1. The molecule has 1 aromatic carbocycles. The highest BCUT2D eigenvalue weighted by Crippen LogP contribution is 2.19. The maximum Gasteiger partial charge on any atom is 0.251 e. The van der Waals surface area contributed by atoms with Crippen molar-refractivity contribution in [2.75, 3.05) is 31.2 Å². The Labute approximate surface area is 148 Å². The Bertz CT molecular complexity index is 891. The van der Waals surface area contributed by atoms with Gasteiger partial charge in [-0.25, -0.2) is 15.0 Å². The molecule has 7 nitrogen and oxygen atoms in total. The number of amides is 1. The molecule has 1 N–H and O–H groups in total. The van der Waals surface area contributed by atoms with Gasteiger partial charge >= 0.3 is 0 Å². The molecule has 1 saturated heterocycles. The molecule has 0 spiro atoms. The van der Waals surface area contributed by atoms with Crippen LogP contribution in [0.1, 0.15) is 16.1 Å². The van der Waals surface area contributed by atoms with Gasteiger partial charge in [0.1, 0.15) is 0 Å². The molecule has 1 aliphatic heterocycles. The van der Waals surface area contributed by atoms with E-state index >= 15 is 0 Å². The Morgan fingerprint density at radius 2 is 2.12 bits per heavy atom. The van der Waals surface area contributed by atoms with Crippen LogP contribution < -0.4 is 10.2 Å². The third-order valence-electron chi connectivity index (χ3n) is 4.02. The van der Waals surface area contributed by atoms with Crippen molar-refractivity contribution in [1.29, 1.82) is 0 Å². The van der Waals surface area contributed by atoms with E-state index in [2.05, 4.69) is 25.2 Å². The topological polar surface area (TPSA) is 80.2 Å². The van der Waals surface area contributed by atoms with E-state index in [1.165, 1.54) is 11.3 Å². The molecule has 4 rings (SSSR count). The van der Waals surface area contributed by atoms with Gasteiger partial charge in [0, 0.05) is 24.8 Å². The molecule has 0 radical (unpaired) electrons. The van der Waals surface area contributed by atoms with Crippen LogP contribution in [0.3, 0.4) is 0 Å². The van der Waals surface area contributed by atoms with Crippen molar-refractivity contribution in [3.8, 4) is 0 Å². The first-order chi connectivity index (χ1) is 12.3. The van der Waals surface area contributed by atoms with E-state index < -0.39 is 0 Å². The summed E-state index contributed by atoms with van der Waals surface area (Å²) in [4.78, 5) is 27.5. The van der Waals surface area contributed by atoms with Crippen molar-refractivity contribution in [2.24, 2.45) is 0 Å². The van der Waals surface area contributed by atoms with Crippen LogP contribution in [0.4, 0.5) is 5.95 Å². The molecule has 1 amide bonds. The van der Waals surface area contributed by atoms with E-state index in [0.29, 0.717) is 31.3 Å². The fourth-order valence-electron chi connectivity index (χ4n) is 2.67. The fraction of sp³-hybridized carbons (Fsp3) is 0.294. The highest BCUT2D eigenvalue weighted by molar-refractivity contribution is 7.16. The lowest BCUT2D eigenvalue weighted by Gasteiger charge is -2.26. The molecule has 0 saturated carbocycles. The molecule has 3 aromatic rings. The van der Waals surface area contributed by atoms with Gasteiger partial charge < -0.3 is 15.0 Å². The maximum absolute atomic E-state index is 12.4. The Kier molecular flexibility index (Phi) is 4.53. The number of nitrogens with one attached hydrogen (secondary N) is 1. The normalized spacial score (nSPS) is 14.6. The molecule has 0 aliphatic carbocycles. The Morgan fingerprint density at radius 1 is 1.24 bits per heavy atom. The van der Waals surface area contributed by atoms with E-state index in [9.17, 15) is 4.79 Å². The number of rotatable bonds is 4. The smallest absolute Gasteiger partial charge is 0.251 e. The number of nitrogens with zero attached hydrogens (tertiary/aromatic N) is 4. The summed E-state index contributed by atoms with van der Waals surface area (Å²) < 4.78 is 6.35. The van der Waals surface area contributed by atoms with Crippen LogP contribution >= 0.6 is 11.3 Å². The molecular weight excluding hydrogens is 338 g/mol. The van der Waals surface area contributed by atoms with E-state index in [0.717, 1.165) is 29.0 Å². The predicted molar refractivity (Wildman–Crippen MR) is 95.9 cm³/mol. The second-order valence-corrected chi connectivity index (χ2v) is 6.55. The molecule has 0 bridgehead atoms. The van der Waals surface area contributed by atoms with Crippen LogP contribution in [0.15, 0.2) is 36.0 Å². The van der Waals surface area contributed by atoms with Crippen LogP contribution in [0.5, 0.6) is 0 Å². The minimum absolute atomic E-state index is 0.123. The summed E-state index contributed by atoms with van der Waals surface area (Å²) in [6.45, 7) is 3.30. The number of carbonyl (C=O) groups is 1. The lowest BCUT2D eigenvalue weighted by atomic mass is 10.2. The van der Waals surface area contributed by atoms with Crippen molar-refractivity contribution in [1.82, 2.24) is 20.3 Å². The van der Waals surface area contributed by atoms with Gasteiger partial charge in [0.15, 0.2) is 0 Å². The number of anilines is 1. The van der Waals surface area contributed by atoms with Crippen LogP contribution in [0.2, 0.25) is 0 Å². The highest BCUT2D eigenvalue weighted by atomic mass is 32.1. The highest BCUT2D eigenvalue weighted by Gasteiger charge is 2.14. The quantitative estimate of drug-likeness (QED) is 0.769. The number of aromatic nitrogens is 3. The van der Waals surface area contributed by atoms with Crippen LogP contribution in [0.25, 0.3) is 10.2 Å². The molecular formula is C17H17N5O2S. The van der Waals surface area contributed by atoms with E-state index in [1.807, 2.05) is 18.2 Å². The van der Waals surface area contributed by atoms with Crippen molar-refractivity contribution < 1.29 is 9.53 Å². The molecule has 3 heterocycles. The average molecular weight is 355 g/mol. The van der Waals surface area contributed by atoms with Gasteiger partial charge in [0.2, 0.25) is 5.95 Å². The van der Waals surface area contributed by atoms with Crippen LogP contribution in [0, 0.1) is 0 Å².